The van der Waals surface area contributed by atoms with Gasteiger partial charge >= 0.3 is 0 Å². The molecule has 2 heteroatoms. The Morgan fingerprint density at radius 2 is 1.82 bits per heavy atom. The van der Waals surface area contributed by atoms with Crippen molar-refractivity contribution >= 4 is 0 Å². The minimum absolute atomic E-state index is 0.664. The second-order valence-electron chi connectivity index (χ2n) is 5.78. The highest BCUT2D eigenvalue weighted by Crippen LogP contribution is 2.22. The summed E-state index contributed by atoms with van der Waals surface area (Å²) in [7, 11) is 2.32. The molecule has 1 rings (SSSR count). The Bertz CT molecular complexity index is 187. The third kappa shape index (κ3) is 4.97. The maximum absolute atomic E-state index is 3.66. The van der Waals surface area contributed by atoms with Crippen molar-refractivity contribution in [3.05, 3.63) is 0 Å². The zero-order valence-corrected chi connectivity index (χ0v) is 12.3. The molecule has 0 aromatic carbocycles. The molecule has 2 atom stereocenters. The van der Waals surface area contributed by atoms with Gasteiger partial charge in [-0.2, -0.15) is 0 Å². The number of hydrogen-bond acceptors (Lipinski definition) is 2. The van der Waals surface area contributed by atoms with E-state index in [1.165, 1.54) is 45.1 Å². The first-order chi connectivity index (χ1) is 8.19. The number of rotatable bonds is 7. The number of nitrogens with one attached hydrogen (secondary N) is 1. The van der Waals surface area contributed by atoms with Crippen molar-refractivity contribution in [2.45, 2.75) is 71.4 Å². The van der Waals surface area contributed by atoms with E-state index in [9.17, 15) is 0 Å². The van der Waals surface area contributed by atoms with Crippen LogP contribution < -0.4 is 5.32 Å². The Morgan fingerprint density at radius 3 is 2.35 bits per heavy atom. The fourth-order valence-corrected chi connectivity index (χ4v) is 2.97. The lowest BCUT2D eigenvalue weighted by Gasteiger charge is -2.35. The standard InChI is InChI=1S/C15H32N2/c1-5-13(3)15(16-6-2)12-17(4)14-10-8-7-9-11-14/h13-16H,5-12H2,1-4H3. The molecule has 1 fully saturated rings. The first-order valence-corrected chi connectivity index (χ1v) is 7.62. The molecule has 1 aliphatic rings. The first kappa shape index (κ1) is 15.0. The van der Waals surface area contributed by atoms with E-state index in [1.807, 2.05) is 0 Å². The number of hydrogen-bond donors (Lipinski definition) is 1. The minimum atomic E-state index is 0.664. The lowest BCUT2D eigenvalue weighted by atomic mass is 9.93. The van der Waals surface area contributed by atoms with Crippen molar-refractivity contribution in [3.8, 4) is 0 Å². The molecule has 0 bridgehead atoms. The average molecular weight is 240 g/mol. The van der Waals surface area contributed by atoms with Gasteiger partial charge in [-0.1, -0.05) is 46.5 Å². The predicted octanol–water partition coefficient (Wildman–Crippen LogP) is 3.28. The van der Waals surface area contributed by atoms with Gasteiger partial charge in [-0.15, -0.1) is 0 Å². The molecule has 0 aromatic rings. The summed E-state index contributed by atoms with van der Waals surface area (Å²) in [6.07, 6.45) is 8.42. The third-order valence-electron chi connectivity index (χ3n) is 4.48. The van der Waals surface area contributed by atoms with Crippen LogP contribution in [0.25, 0.3) is 0 Å². The summed E-state index contributed by atoms with van der Waals surface area (Å²) in [5.41, 5.74) is 0. The molecule has 1 saturated carbocycles. The topological polar surface area (TPSA) is 15.3 Å². The maximum atomic E-state index is 3.66. The van der Waals surface area contributed by atoms with Gasteiger partial charge in [0.15, 0.2) is 0 Å². The molecule has 0 aliphatic heterocycles. The number of likely N-dealkylation sites (N-methyl/N-ethyl adjacent to an activating group) is 2. The van der Waals surface area contributed by atoms with Gasteiger partial charge in [0.1, 0.15) is 0 Å². The number of nitrogens with zero attached hydrogens (tertiary/aromatic N) is 1. The quantitative estimate of drug-likeness (QED) is 0.735. The second-order valence-corrected chi connectivity index (χ2v) is 5.78. The van der Waals surface area contributed by atoms with Crippen LogP contribution in [0.5, 0.6) is 0 Å². The predicted molar refractivity (Wildman–Crippen MR) is 76.4 cm³/mol. The lowest BCUT2D eigenvalue weighted by molar-refractivity contribution is 0.158. The SMILES string of the molecule is CCNC(CN(C)C1CCCCC1)C(C)CC. The first-order valence-electron chi connectivity index (χ1n) is 7.62. The molecule has 0 aromatic heterocycles. The van der Waals surface area contributed by atoms with Crippen LogP contribution in [-0.2, 0) is 0 Å². The lowest BCUT2D eigenvalue weighted by Crippen LogP contribution is -2.47. The minimum Gasteiger partial charge on any atom is -0.313 e. The van der Waals surface area contributed by atoms with Gasteiger partial charge in [-0.05, 0) is 32.4 Å². The van der Waals surface area contributed by atoms with Gasteiger partial charge in [-0.25, -0.2) is 0 Å². The van der Waals surface area contributed by atoms with Crippen LogP contribution >= 0.6 is 0 Å². The molecule has 1 aliphatic carbocycles. The van der Waals surface area contributed by atoms with Gasteiger partial charge in [-0.3, -0.25) is 0 Å². The van der Waals surface area contributed by atoms with E-state index in [-0.39, 0.29) is 0 Å². The average Bonchev–Trinajstić information content (AvgIpc) is 2.38. The third-order valence-corrected chi connectivity index (χ3v) is 4.48. The Balaban J connectivity index is 2.41. The summed E-state index contributed by atoms with van der Waals surface area (Å²) in [4.78, 5) is 2.61. The van der Waals surface area contributed by atoms with Crippen LogP contribution in [0, 0.1) is 5.92 Å². The molecule has 0 radical (unpaired) electrons. The van der Waals surface area contributed by atoms with Crippen molar-refractivity contribution < 1.29 is 0 Å². The van der Waals surface area contributed by atoms with Gasteiger partial charge in [0.25, 0.3) is 0 Å². The van der Waals surface area contributed by atoms with Crippen LogP contribution in [0.1, 0.15) is 59.3 Å². The van der Waals surface area contributed by atoms with E-state index in [1.54, 1.807) is 0 Å². The van der Waals surface area contributed by atoms with Gasteiger partial charge in [0.2, 0.25) is 0 Å². The van der Waals surface area contributed by atoms with Gasteiger partial charge in [0.05, 0.1) is 0 Å². The molecule has 17 heavy (non-hydrogen) atoms. The van der Waals surface area contributed by atoms with Crippen LogP contribution in [0.4, 0.5) is 0 Å². The molecule has 2 nitrogen and oxygen atoms in total. The van der Waals surface area contributed by atoms with Crippen molar-refractivity contribution in [1.82, 2.24) is 10.2 Å². The molecule has 0 heterocycles. The summed E-state index contributed by atoms with van der Waals surface area (Å²) in [5, 5.41) is 3.66. The molecule has 0 spiro atoms. The Kier molecular flexibility index (Phi) is 7.14. The molecular weight excluding hydrogens is 208 g/mol. The van der Waals surface area contributed by atoms with E-state index in [4.69, 9.17) is 0 Å². The van der Waals surface area contributed by atoms with E-state index < -0.39 is 0 Å². The largest absolute Gasteiger partial charge is 0.313 e. The van der Waals surface area contributed by atoms with E-state index in [0.29, 0.717) is 6.04 Å². The van der Waals surface area contributed by atoms with Crippen LogP contribution in [0.15, 0.2) is 0 Å². The van der Waals surface area contributed by atoms with E-state index in [2.05, 4.69) is 38.0 Å². The highest BCUT2D eigenvalue weighted by molar-refractivity contribution is 4.80. The van der Waals surface area contributed by atoms with Crippen LogP contribution in [0.2, 0.25) is 0 Å². The van der Waals surface area contributed by atoms with Crippen LogP contribution in [0.3, 0.4) is 0 Å². The Hall–Kier alpha value is -0.0800. The smallest absolute Gasteiger partial charge is 0.0220 e. The summed E-state index contributed by atoms with van der Waals surface area (Å²) < 4.78 is 0. The second kappa shape index (κ2) is 8.10. The maximum Gasteiger partial charge on any atom is 0.0220 e. The van der Waals surface area contributed by atoms with Gasteiger partial charge in [0, 0.05) is 18.6 Å². The Morgan fingerprint density at radius 1 is 1.18 bits per heavy atom. The normalized spacial score (nSPS) is 21.7. The fourth-order valence-electron chi connectivity index (χ4n) is 2.97. The monoisotopic (exact) mass is 240 g/mol. The van der Waals surface area contributed by atoms with Crippen molar-refractivity contribution in [2.75, 3.05) is 20.1 Å². The highest BCUT2D eigenvalue weighted by Gasteiger charge is 2.22. The zero-order chi connectivity index (χ0) is 12.7. The Labute approximate surface area is 108 Å². The summed E-state index contributed by atoms with van der Waals surface area (Å²) in [5.74, 6) is 0.779. The molecule has 0 saturated heterocycles. The summed E-state index contributed by atoms with van der Waals surface area (Å²) >= 11 is 0. The molecule has 1 N–H and O–H groups in total. The van der Waals surface area contributed by atoms with Crippen molar-refractivity contribution in [3.63, 3.8) is 0 Å². The summed E-state index contributed by atoms with van der Waals surface area (Å²) in [6, 6.07) is 1.51. The zero-order valence-electron chi connectivity index (χ0n) is 12.3. The molecule has 0 amide bonds. The fraction of sp³-hybridized carbons (Fsp3) is 1.00. The van der Waals surface area contributed by atoms with E-state index in [0.717, 1.165) is 18.5 Å². The van der Waals surface area contributed by atoms with E-state index >= 15 is 0 Å². The highest BCUT2D eigenvalue weighted by atomic mass is 15.2. The van der Waals surface area contributed by atoms with Crippen molar-refractivity contribution in [1.29, 1.82) is 0 Å². The summed E-state index contributed by atoms with van der Waals surface area (Å²) in [6.45, 7) is 9.20. The van der Waals surface area contributed by atoms with Crippen LogP contribution in [-0.4, -0.2) is 37.1 Å². The molecular formula is C15H32N2. The molecule has 2 unspecified atom stereocenters. The van der Waals surface area contributed by atoms with Gasteiger partial charge < -0.3 is 10.2 Å². The molecule has 102 valence electrons. The van der Waals surface area contributed by atoms with Crippen molar-refractivity contribution in [2.24, 2.45) is 5.92 Å².